The van der Waals surface area contributed by atoms with Gasteiger partial charge in [0.2, 0.25) is 6.79 Å². The van der Waals surface area contributed by atoms with Crippen LogP contribution < -0.4 is 14.3 Å². The standard InChI is InChI=1S/C18H14N2O3S/c1-20-13-9-14-15(23-11-22-14)10-16(13)24-18(20)19-17(21)8-7-12-5-3-2-4-6-12/h2-10H,11H2,1H3/b8-7+,19-18?. The highest BCUT2D eigenvalue weighted by atomic mass is 32.1. The first-order chi connectivity index (χ1) is 11.7. The Morgan fingerprint density at radius 1 is 1.21 bits per heavy atom. The van der Waals surface area contributed by atoms with Gasteiger partial charge in [-0.1, -0.05) is 41.7 Å². The third kappa shape index (κ3) is 2.72. The minimum atomic E-state index is -0.291. The number of benzene rings is 2. The molecule has 0 saturated carbocycles. The second-order valence-electron chi connectivity index (χ2n) is 5.31. The predicted octanol–water partition coefficient (Wildman–Crippen LogP) is 3.11. The summed E-state index contributed by atoms with van der Waals surface area (Å²) in [6.07, 6.45) is 3.24. The summed E-state index contributed by atoms with van der Waals surface area (Å²) in [4.78, 5) is 16.9. The second-order valence-corrected chi connectivity index (χ2v) is 6.32. The number of rotatable bonds is 2. The quantitative estimate of drug-likeness (QED) is 0.675. The van der Waals surface area contributed by atoms with E-state index < -0.39 is 0 Å². The first kappa shape index (κ1) is 14.7. The van der Waals surface area contributed by atoms with Crippen molar-refractivity contribution in [3.05, 3.63) is 58.9 Å². The minimum absolute atomic E-state index is 0.246. The van der Waals surface area contributed by atoms with Gasteiger partial charge in [0.1, 0.15) is 0 Å². The smallest absolute Gasteiger partial charge is 0.272 e. The molecule has 1 aliphatic rings. The number of hydrogen-bond acceptors (Lipinski definition) is 4. The van der Waals surface area contributed by atoms with Crippen LogP contribution >= 0.6 is 11.3 Å². The van der Waals surface area contributed by atoms with E-state index in [4.69, 9.17) is 9.47 Å². The maximum Gasteiger partial charge on any atom is 0.272 e. The lowest BCUT2D eigenvalue weighted by molar-refractivity contribution is -0.113. The number of thiazole rings is 1. The molecule has 120 valence electrons. The van der Waals surface area contributed by atoms with Gasteiger partial charge >= 0.3 is 0 Å². The molecule has 1 aromatic heterocycles. The van der Waals surface area contributed by atoms with Gasteiger partial charge in [0.25, 0.3) is 5.91 Å². The summed E-state index contributed by atoms with van der Waals surface area (Å²) < 4.78 is 13.7. The van der Waals surface area contributed by atoms with Gasteiger partial charge < -0.3 is 14.0 Å². The number of amides is 1. The van der Waals surface area contributed by atoms with Crippen molar-refractivity contribution < 1.29 is 14.3 Å². The summed E-state index contributed by atoms with van der Waals surface area (Å²) in [5.74, 6) is 1.16. The van der Waals surface area contributed by atoms with Crippen LogP contribution in [0.2, 0.25) is 0 Å². The van der Waals surface area contributed by atoms with E-state index in [-0.39, 0.29) is 12.7 Å². The van der Waals surface area contributed by atoms with Crippen LogP contribution in [0.4, 0.5) is 0 Å². The second kappa shape index (κ2) is 5.98. The number of carbonyl (C=O) groups is 1. The van der Waals surface area contributed by atoms with Crippen molar-refractivity contribution in [1.29, 1.82) is 0 Å². The molecular formula is C18H14N2O3S. The van der Waals surface area contributed by atoms with E-state index in [0.29, 0.717) is 4.80 Å². The van der Waals surface area contributed by atoms with Gasteiger partial charge in [-0.3, -0.25) is 4.79 Å². The van der Waals surface area contributed by atoms with Crippen molar-refractivity contribution in [2.75, 3.05) is 6.79 Å². The highest BCUT2D eigenvalue weighted by Crippen LogP contribution is 2.36. The first-order valence-corrected chi connectivity index (χ1v) is 8.23. The van der Waals surface area contributed by atoms with Gasteiger partial charge in [0, 0.05) is 25.3 Å². The number of aryl methyl sites for hydroxylation is 1. The molecule has 0 saturated heterocycles. The predicted molar refractivity (Wildman–Crippen MR) is 93.0 cm³/mol. The van der Waals surface area contributed by atoms with E-state index in [2.05, 4.69) is 4.99 Å². The first-order valence-electron chi connectivity index (χ1n) is 7.42. The maximum atomic E-state index is 12.1. The van der Waals surface area contributed by atoms with E-state index in [0.717, 1.165) is 27.3 Å². The molecule has 6 heteroatoms. The average molecular weight is 338 g/mol. The zero-order valence-corrected chi connectivity index (χ0v) is 13.7. The molecule has 0 spiro atoms. The Morgan fingerprint density at radius 3 is 2.75 bits per heavy atom. The van der Waals surface area contributed by atoms with Gasteiger partial charge in [-0.2, -0.15) is 4.99 Å². The lowest BCUT2D eigenvalue weighted by Gasteiger charge is -1.97. The monoisotopic (exact) mass is 338 g/mol. The lowest BCUT2D eigenvalue weighted by Crippen LogP contribution is -2.12. The lowest BCUT2D eigenvalue weighted by atomic mass is 10.2. The molecule has 4 rings (SSSR count). The van der Waals surface area contributed by atoms with Gasteiger partial charge in [-0.05, 0) is 11.6 Å². The summed E-state index contributed by atoms with van der Waals surface area (Å²) in [7, 11) is 1.88. The van der Waals surface area contributed by atoms with Crippen LogP contribution in [0.15, 0.2) is 53.5 Å². The van der Waals surface area contributed by atoms with Crippen LogP contribution in [0.5, 0.6) is 11.5 Å². The zero-order valence-electron chi connectivity index (χ0n) is 12.9. The summed E-state index contributed by atoms with van der Waals surface area (Å²) in [5, 5.41) is 0. The van der Waals surface area contributed by atoms with Crippen LogP contribution in [0.3, 0.4) is 0 Å². The summed E-state index contributed by atoms with van der Waals surface area (Å²) in [6, 6.07) is 13.5. The van der Waals surface area contributed by atoms with Crippen LogP contribution in [0.25, 0.3) is 16.3 Å². The fourth-order valence-corrected chi connectivity index (χ4v) is 3.52. The fraction of sp³-hybridized carbons (Fsp3) is 0.111. The van der Waals surface area contributed by atoms with E-state index in [1.165, 1.54) is 17.4 Å². The Bertz CT molecular complexity index is 1020. The molecule has 0 radical (unpaired) electrons. The highest BCUT2D eigenvalue weighted by Gasteiger charge is 2.16. The SMILES string of the molecule is Cn1c(=NC(=O)/C=C/c2ccccc2)sc2cc3c(cc21)OCO3. The van der Waals surface area contributed by atoms with Gasteiger partial charge in [0.05, 0.1) is 10.2 Å². The molecule has 2 aromatic carbocycles. The highest BCUT2D eigenvalue weighted by molar-refractivity contribution is 7.16. The van der Waals surface area contributed by atoms with Crippen LogP contribution in [0, 0.1) is 0 Å². The van der Waals surface area contributed by atoms with Crippen molar-refractivity contribution in [2.24, 2.45) is 12.0 Å². The third-order valence-electron chi connectivity index (χ3n) is 3.73. The molecule has 1 amide bonds. The topological polar surface area (TPSA) is 52.8 Å². The minimum Gasteiger partial charge on any atom is -0.454 e. The molecule has 0 unspecified atom stereocenters. The van der Waals surface area contributed by atoms with Gasteiger partial charge in [-0.25, -0.2) is 0 Å². The number of hydrogen-bond donors (Lipinski definition) is 0. The molecular weight excluding hydrogens is 324 g/mol. The maximum absolute atomic E-state index is 12.1. The molecule has 0 bridgehead atoms. The average Bonchev–Trinajstić information content (AvgIpc) is 3.17. The Labute approximate surface area is 142 Å². The molecule has 0 fully saturated rings. The Kier molecular flexibility index (Phi) is 3.66. The molecule has 0 atom stereocenters. The summed E-state index contributed by atoms with van der Waals surface area (Å²) >= 11 is 1.45. The number of carbonyl (C=O) groups excluding carboxylic acids is 1. The Balaban J connectivity index is 1.68. The van der Waals surface area contributed by atoms with Gasteiger partial charge in [-0.15, -0.1) is 0 Å². The zero-order chi connectivity index (χ0) is 16.5. The van der Waals surface area contributed by atoms with Gasteiger partial charge in [0.15, 0.2) is 16.3 Å². The normalized spacial score (nSPS) is 14.0. The largest absolute Gasteiger partial charge is 0.454 e. The van der Waals surface area contributed by atoms with Crippen molar-refractivity contribution in [1.82, 2.24) is 4.57 Å². The fourth-order valence-electron chi connectivity index (χ4n) is 2.49. The summed E-state index contributed by atoms with van der Waals surface area (Å²) in [5.41, 5.74) is 1.93. The van der Waals surface area contributed by atoms with Crippen molar-refractivity contribution >= 4 is 33.5 Å². The molecule has 0 aliphatic carbocycles. The van der Waals surface area contributed by atoms with Crippen LogP contribution in [0.1, 0.15) is 5.56 Å². The molecule has 3 aromatic rings. The molecule has 5 nitrogen and oxygen atoms in total. The molecule has 2 heterocycles. The van der Waals surface area contributed by atoms with Crippen molar-refractivity contribution in [2.45, 2.75) is 0 Å². The van der Waals surface area contributed by atoms with E-state index in [1.54, 1.807) is 6.08 Å². The molecule has 0 N–H and O–H groups in total. The van der Waals surface area contributed by atoms with E-state index in [1.807, 2.05) is 54.1 Å². The van der Waals surface area contributed by atoms with Crippen molar-refractivity contribution in [3.8, 4) is 11.5 Å². The third-order valence-corrected chi connectivity index (χ3v) is 4.82. The number of ether oxygens (including phenoxy) is 2. The molecule has 24 heavy (non-hydrogen) atoms. The molecule has 1 aliphatic heterocycles. The van der Waals surface area contributed by atoms with Crippen molar-refractivity contribution in [3.63, 3.8) is 0 Å². The van der Waals surface area contributed by atoms with Crippen LogP contribution in [-0.2, 0) is 11.8 Å². The number of fused-ring (bicyclic) bond motifs is 2. The Morgan fingerprint density at radius 2 is 1.96 bits per heavy atom. The van der Waals surface area contributed by atoms with E-state index >= 15 is 0 Å². The Hall–Kier alpha value is -2.86. The number of nitrogens with zero attached hydrogens (tertiary/aromatic N) is 2. The van der Waals surface area contributed by atoms with E-state index in [9.17, 15) is 4.79 Å². The summed E-state index contributed by atoms with van der Waals surface area (Å²) in [6.45, 7) is 0.246. The number of aromatic nitrogens is 1. The van der Waals surface area contributed by atoms with Crippen LogP contribution in [-0.4, -0.2) is 17.3 Å².